The maximum absolute atomic E-state index is 13.1. The van der Waals surface area contributed by atoms with Gasteiger partial charge in [0, 0.05) is 12.5 Å². The number of nitrogens with zero attached hydrogens (tertiary/aromatic N) is 1. The van der Waals surface area contributed by atoms with Crippen molar-refractivity contribution in [2.45, 2.75) is 50.9 Å². The van der Waals surface area contributed by atoms with Crippen LogP contribution in [-0.4, -0.2) is 31.1 Å². The first kappa shape index (κ1) is 22.0. The summed E-state index contributed by atoms with van der Waals surface area (Å²) in [4.78, 5) is 14.8. The molecule has 0 aliphatic heterocycles. The van der Waals surface area contributed by atoms with E-state index in [9.17, 15) is 18.0 Å². The number of hydrogen-bond donors (Lipinski definition) is 0. The van der Waals surface area contributed by atoms with Crippen molar-refractivity contribution < 1.29 is 27.4 Å². The molecule has 1 saturated carbocycles. The molecule has 0 spiro atoms. The molecule has 1 fully saturated rings. The highest BCUT2D eigenvalue weighted by molar-refractivity contribution is 5.78. The molecule has 3 rings (SSSR count). The van der Waals surface area contributed by atoms with Crippen molar-refractivity contribution in [3.8, 4) is 11.5 Å². The first-order valence-electron chi connectivity index (χ1n) is 9.94. The van der Waals surface area contributed by atoms with Crippen LogP contribution in [0.25, 0.3) is 0 Å². The molecule has 30 heavy (non-hydrogen) atoms. The van der Waals surface area contributed by atoms with Crippen LogP contribution < -0.4 is 9.47 Å². The van der Waals surface area contributed by atoms with E-state index in [1.165, 1.54) is 6.07 Å². The SMILES string of the molecule is COc1cccc(CCC(=O)N(C2CC2)C(C)c2cccc(C(F)(F)F)c2)c1OC. The van der Waals surface area contributed by atoms with Crippen molar-refractivity contribution in [3.63, 3.8) is 0 Å². The number of carbonyl (C=O) groups excluding carboxylic acids is 1. The summed E-state index contributed by atoms with van der Waals surface area (Å²) in [7, 11) is 3.10. The first-order valence-corrected chi connectivity index (χ1v) is 9.94. The van der Waals surface area contributed by atoms with E-state index >= 15 is 0 Å². The summed E-state index contributed by atoms with van der Waals surface area (Å²) >= 11 is 0. The van der Waals surface area contributed by atoms with E-state index < -0.39 is 17.8 Å². The Morgan fingerprint density at radius 2 is 1.83 bits per heavy atom. The van der Waals surface area contributed by atoms with Gasteiger partial charge in [-0.25, -0.2) is 0 Å². The molecule has 1 aliphatic carbocycles. The molecule has 4 nitrogen and oxygen atoms in total. The Kier molecular flexibility index (Phi) is 6.58. The molecule has 0 saturated heterocycles. The van der Waals surface area contributed by atoms with Crippen LogP contribution >= 0.6 is 0 Å². The summed E-state index contributed by atoms with van der Waals surface area (Å²) in [6, 6.07) is 10.4. The largest absolute Gasteiger partial charge is 0.493 e. The van der Waals surface area contributed by atoms with Gasteiger partial charge in [0.2, 0.25) is 5.91 Å². The summed E-state index contributed by atoms with van der Waals surface area (Å²) in [6.45, 7) is 1.79. The molecule has 0 radical (unpaired) electrons. The van der Waals surface area contributed by atoms with Gasteiger partial charge >= 0.3 is 6.18 Å². The fourth-order valence-electron chi connectivity index (χ4n) is 3.75. The van der Waals surface area contributed by atoms with Crippen molar-refractivity contribution in [3.05, 3.63) is 59.2 Å². The molecule has 0 N–H and O–H groups in total. The van der Waals surface area contributed by atoms with Crippen LogP contribution in [0.1, 0.15) is 48.9 Å². The molecule has 1 atom stereocenters. The molecule has 2 aromatic rings. The molecule has 0 bridgehead atoms. The zero-order valence-corrected chi connectivity index (χ0v) is 17.3. The lowest BCUT2D eigenvalue weighted by Crippen LogP contribution is -2.35. The van der Waals surface area contributed by atoms with Gasteiger partial charge in [0.1, 0.15) is 0 Å². The molecule has 1 aliphatic rings. The zero-order chi connectivity index (χ0) is 21.9. The van der Waals surface area contributed by atoms with Crippen LogP contribution in [0.5, 0.6) is 11.5 Å². The maximum atomic E-state index is 13.1. The Labute approximate surface area is 174 Å². The molecule has 1 unspecified atom stereocenters. The van der Waals surface area contributed by atoms with Gasteiger partial charge in [-0.15, -0.1) is 0 Å². The Balaban J connectivity index is 1.77. The number of alkyl halides is 3. The lowest BCUT2D eigenvalue weighted by Gasteiger charge is -2.30. The predicted octanol–water partition coefficient (Wildman–Crippen LogP) is 5.41. The fourth-order valence-corrected chi connectivity index (χ4v) is 3.75. The second kappa shape index (κ2) is 8.98. The van der Waals surface area contributed by atoms with Crippen LogP contribution in [0.3, 0.4) is 0 Å². The van der Waals surface area contributed by atoms with Crippen LogP contribution in [0.2, 0.25) is 0 Å². The minimum atomic E-state index is -4.41. The van der Waals surface area contributed by atoms with Gasteiger partial charge in [0.05, 0.1) is 25.8 Å². The monoisotopic (exact) mass is 421 g/mol. The van der Waals surface area contributed by atoms with Gasteiger partial charge in [0.25, 0.3) is 0 Å². The van der Waals surface area contributed by atoms with Crippen molar-refractivity contribution in [1.82, 2.24) is 4.90 Å². The minimum Gasteiger partial charge on any atom is -0.493 e. The molecule has 0 heterocycles. The molecule has 1 amide bonds. The van der Waals surface area contributed by atoms with E-state index in [1.807, 2.05) is 12.1 Å². The van der Waals surface area contributed by atoms with Crippen molar-refractivity contribution >= 4 is 5.91 Å². The number of ether oxygens (including phenoxy) is 2. The minimum absolute atomic E-state index is 0.0766. The second-order valence-electron chi connectivity index (χ2n) is 7.48. The summed E-state index contributed by atoms with van der Waals surface area (Å²) < 4.78 is 50.0. The summed E-state index contributed by atoms with van der Waals surface area (Å²) in [6.07, 6.45) is -1.97. The Morgan fingerprint density at radius 3 is 2.43 bits per heavy atom. The fraction of sp³-hybridized carbons (Fsp3) is 0.435. The summed E-state index contributed by atoms with van der Waals surface area (Å²) in [5.41, 5.74) is 0.646. The molecule has 0 aromatic heterocycles. The lowest BCUT2D eigenvalue weighted by atomic mass is 10.0. The average Bonchev–Trinajstić information content (AvgIpc) is 3.56. The van der Waals surface area contributed by atoms with E-state index in [-0.39, 0.29) is 18.4 Å². The van der Waals surface area contributed by atoms with Gasteiger partial charge in [-0.1, -0.05) is 24.3 Å². The number of halogens is 3. The van der Waals surface area contributed by atoms with E-state index in [1.54, 1.807) is 38.2 Å². The van der Waals surface area contributed by atoms with E-state index in [0.29, 0.717) is 23.5 Å². The lowest BCUT2D eigenvalue weighted by molar-refractivity contribution is -0.137. The smallest absolute Gasteiger partial charge is 0.416 e. The maximum Gasteiger partial charge on any atom is 0.416 e. The third-order valence-electron chi connectivity index (χ3n) is 5.43. The summed E-state index contributed by atoms with van der Waals surface area (Å²) in [5, 5.41) is 0. The van der Waals surface area contributed by atoms with Crippen LogP contribution in [0, 0.1) is 0 Å². The van der Waals surface area contributed by atoms with Crippen molar-refractivity contribution in [1.29, 1.82) is 0 Å². The molecule has 162 valence electrons. The number of hydrogen-bond acceptors (Lipinski definition) is 3. The number of methoxy groups -OCH3 is 2. The van der Waals surface area contributed by atoms with Crippen molar-refractivity contribution in [2.24, 2.45) is 0 Å². The van der Waals surface area contributed by atoms with Crippen LogP contribution in [0.15, 0.2) is 42.5 Å². The number of aryl methyl sites for hydroxylation is 1. The highest BCUT2D eigenvalue weighted by atomic mass is 19.4. The van der Waals surface area contributed by atoms with Gasteiger partial charge in [0.15, 0.2) is 11.5 Å². The highest BCUT2D eigenvalue weighted by Crippen LogP contribution is 2.38. The third-order valence-corrected chi connectivity index (χ3v) is 5.43. The zero-order valence-electron chi connectivity index (χ0n) is 17.3. The molecular formula is C23H26F3NO3. The van der Waals surface area contributed by atoms with E-state index in [0.717, 1.165) is 30.5 Å². The van der Waals surface area contributed by atoms with Gasteiger partial charge < -0.3 is 14.4 Å². The second-order valence-corrected chi connectivity index (χ2v) is 7.48. The average molecular weight is 421 g/mol. The number of carbonyl (C=O) groups is 1. The van der Waals surface area contributed by atoms with Crippen LogP contribution in [-0.2, 0) is 17.4 Å². The van der Waals surface area contributed by atoms with Crippen molar-refractivity contribution in [2.75, 3.05) is 14.2 Å². The van der Waals surface area contributed by atoms with Gasteiger partial charge in [-0.05, 0) is 55.5 Å². The van der Waals surface area contributed by atoms with Crippen LogP contribution in [0.4, 0.5) is 13.2 Å². The standard InChI is InChI=1S/C23H26F3NO3/c1-15(17-7-4-8-18(14-17)23(24,25)26)27(19-11-12-19)21(28)13-10-16-6-5-9-20(29-2)22(16)30-3/h4-9,14-15,19H,10-13H2,1-3H3. The number of para-hydroxylation sites is 1. The third kappa shape index (κ3) is 4.89. The summed E-state index contributed by atoms with van der Waals surface area (Å²) in [5.74, 6) is 1.11. The van der Waals surface area contributed by atoms with Gasteiger partial charge in [-0.2, -0.15) is 13.2 Å². The Hall–Kier alpha value is -2.70. The number of amides is 1. The Bertz CT molecular complexity index is 894. The van der Waals surface area contributed by atoms with Gasteiger partial charge in [-0.3, -0.25) is 4.79 Å². The molecule has 7 heteroatoms. The van der Waals surface area contributed by atoms with E-state index in [2.05, 4.69) is 0 Å². The highest BCUT2D eigenvalue weighted by Gasteiger charge is 2.37. The molecule has 2 aromatic carbocycles. The number of rotatable bonds is 8. The Morgan fingerprint density at radius 1 is 1.13 bits per heavy atom. The van der Waals surface area contributed by atoms with E-state index in [4.69, 9.17) is 9.47 Å². The first-order chi connectivity index (χ1) is 14.3. The predicted molar refractivity (Wildman–Crippen MR) is 108 cm³/mol. The number of benzene rings is 2. The topological polar surface area (TPSA) is 38.8 Å². The quantitative estimate of drug-likeness (QED) is 0.572. The normalized spacial score (nSPS) is 14.9. The molecular weight excluding hydrogens is 395 g/mol.